The number of carboxylic acids is 1. The van der Waals surface area contributed by atoms with Gasteiger partial charge in [-0.25, -0.2) is 4.79 Å². The summed E-state index contributed by atoms with van der Waals surface area (Å²) < 4.78 is 0. The third-order valence-electron chi connectivity index (χ3n) is 0.876. The molecule has 0 heterocycles. The maximum Gasteiger partial charge on any atom is 0.328 e. The minimum Gasteiger partial charge on any atom is -0.478 e. The monoisotopic (exact) mass is 146 g/mol. The predicted octanol–water partition coefficient (Wildman–Crippen LogP) is 1.34. The van der Waals surface area contributed by atoms with Gasteiger partial charge in [0.1, 0.15) is 0 Å². The van der Waals surface area contributed by atoms with Gasteiger partial charge in [-0.1, -0.05) is 5.57 Å². The van der Waals surface area contributed by atoms with E-state index in [4.69, 9.17) is 5.11 Å². The molecule has 0 atom stereocenters. The second-order valence-corrected chi connectivity index (χ2v) is 2.25. The van der Waals surface area contributed by atoms with Gasteiger partial charge in [0.05, 0.1) is 0 Å². The van der Waals surface area contributed by atoms with Crippen molar-refractivity contribution in [2.75, 3.05) is 5.75 Å². The molecule has 0 unspecified atom stereocenters. The summed E-state index contributed by atoms with van der Waals surface area (Å²) >= 11 is 3.95. The van der Waals surface area contributed by atoms with E-state index in [9.17, 15) is 4.79 Å². The fraction of sp³-hybridized carbons (Fsp3) is 0.500. The van der Waals surface area contributed by atoms with Gasteiger partial charge in [0.2, 0.25) is 0 Å². The minimum atomic E-state index is -0.880. The Bertz CT molecular complexity index is 129. The Kier molecular flexibility index (Phi) is 4.22. The molecule has 52 valence electrons. The molecule has 0 aromatic rings. The van der Waals surface area contributed by atoms with Gasteiger partial charge < -0.3 is 5.11 Å². The van der Waals surface area contributed by atoms with Crippen LogP contribution in [0.25, 0.3) is 0 Å². The highest BCUT2D eigenvalue weighted by molar-refractivity contribution is 7.80. The van der Waals surface area contributed by atoms with E-state index in [-0.39, 0.29) is 0 Å². The van der Waals surface area contributed by atoms with Crippen LogP contribution >= 0.6 is 12.6 Å². The highest BCUT2D eigenvalue weighted by Gasteiger charge is 1.90. The van der Waals surface area contributed by atoms with Crippen LogP contribution in [0, 0.1) is 0 Å². The predicted molar refractivity (Wildman–Crippen MR) is 39.9 cm³/mol. The molecule has 0 rings (SSSR count). The number of rotatable bonds is 3. The van der Waals surface area contributed by atoms with Crippen LogP contribution in [0.1, 0.15) is 13.3 Å². The quantitative estimate of drug-likeness (QED) is 0.465. The molecule has 0 aromatic heterocycles. The topological polar surface area (TPSA) is 37.3 Å². The third-order valence-corrected chi connectivity index (χ3v) is 1.10. The van der Waals surface area contributed by atoms with Gasteiger partial charge in [-0.15, -0.1) is 0 Å². The first-order valence-corrected chi connectivity index (χ1v) is 3.31. The molecule has 0 radical (unpaired) electrons. The molecule has 0 saturated carbocycles. The molecule has 0 aromatic carbocycles. The Balaban J connectivity index is 3.69. The number of allylic oxidation sites excluding steroid dienone is 1. The van der Waals surface area contributed by atoms with Crippen LogP contribution in [-0.4, -0.2) is 16.8 Å². The zero-order valence-electron chi connectivity index (χ0n) is 5.29. The van der Waals surface area contributed by atoms with Crippen molar-refractivity contribution in [2.45, 2.75) is 13.3 Å². The molecule has 0 aliphatic heterocycles. The van der Waals surface area contributed by atoms with E-state index in [0.29, 0.717) is 5.75 Å². The van der Waals surface area contributed by atoms with Crippen LogP contribution in [0.3, 0.4) is 0 Å². The lowest BCUT2D eigenvalue weighted by Gasteiger charge is -1.91. The molecule has 9 heavy (non-hydrogen) atoms. The number of thiol groups is 1. The average molecular weight is 146 g/mol. The van der Waals surface area contributed by atoms with Crippen LogP contribution < -0.4 is 0 Å². The van der Waals surface area contributed by atoms with E-state index in [1.165, 1.54) is 6.08 Å². The lowest BCUT2D eigenvalue weighted by atomic mass is 10.2. The summed E-state index contributed by atoms with van der Waals surface area (Å²) in [4.78, 5) is 9.98. The molecule has 0 spiro atoms. The van der Waals surface area contributed by atoms with Crippen molar-refractivity contribution in [2.24, 2.45) is 0 Å². The summed E-state index contributed by atoms with van der Waals surface area (Å²) in [6, 6.07) is 0. The molecule has 0 aliphatic rings. The fourth-order valence-electron chi connectivity index (χ4n) is 0.459. The van der Waals surface area contributed by atoms with Gasteiger partial charge in [0, 0.05) is 6.08 Å². The van der Waals surface area contributed by atoms with Crippen molar-refractivity contribution in [1.82, 2.24) is 0 Å². The summed E-state index contributed by atoms with van der Waals surface area (Å²) in [6.07, 6.45) is 1.95. The molecule has 3 heteroatoms. The Labute approximate surface area is 60.0 Å². The Morgan fingerprint density at radius 1 is 1.78 bits per heavy atom. The Morgan fingerprint density at radius 3 is 2.67 bits per heavy atom. The molecule has 0 aliphatic carbocycles. The van der Waals surface area contributed by atoms with E-state index in [0.717, 1.165) is 12.0 Å². The van der Waals surface area contributed by atoms with Crippen molar-refractivity contribution in [3.8, 4) is 0 Å². The van der Waals surface area contributed by atoms with E-state index >= 15 is 0 Å². The normalized spacial score (nSPS) is 11.6. The maximum atomic E-state index is 9.98. The van der Waals surface area contributed by atoms with Crippen LogP contribution in [0.4, 0.5) is 0 Å². The molecule has 2 nitrogen and oxygen atoms in total. The van der Waals surface area contributed by atoms with Crippen LogP contribution in [-0.2, 0) is 4.79 Å². The van der Waals surface area contributed by atoms with Crippen molar-refractivity contribution in [3.63, 3.8) is 0 Å². The van der Waals surface area contributed by atoms with Gasteiger partial charge in [-0.2, -0.15) is 12.6 Å². The summed E-state index contributed by atoms with van der Waals surface area (Å²) in [5.74, 6) is -0.176. The molecule has 0 bridgehead atoms. The van der Waals surface area contributed by atoms with Gasteiger partial charge in [0.25, 0.3) is 0 Å². The zero-order valence-corrected chi connectivity index (χ0v) is 6.19. The van der Waals surface area contributed by atoms with Crippen molar-refractivity contribution < 1.29 is 9.90 Å². The highest BCUT2D eigenvalue weighted by Crippen LogP contribution is 1.99. The van der Waals surface area contributed by atoms with Crippen LogP contribution in [0.2, 0.25) is 0 Å². The Morgan fingerprint density at radius 2 is 2.33 bits per heavy atom. The zero-order chi connectivity index (χ0) is 7.28. The third kappa shape index (κ3) is 5.43. The average Bonchev–Trinajstić information content (AvgIpc) is 1.63. The molecule has 1 N–H and O–H groups in total. The summed E-state index contributed by atoms with van der Waals surface area (Å²) in [7, 11) is 0. The molecule has 0 amide bonds. The van der Waals surface area contributed by atoms with Gasteiger partial charge in [-0.05, 0) is 19.1 Å². The van der Waals surface area contributed by atoms with E-state index in [1.54, 1.807) is 6.92 Å². The first-order chi connectivity index (χ1) is 4.16. The first-order valence-electron chi connectivity index (χ1n) is 2.67. The van der Waals surface area contributed by atoms with Gasteiger partial charge in [0.15, 0.2) is 0 Å². The minimum absolute atomic E-state index is 0.704. The second kappa shape index (κ2) is 4.44. The lowest BCUT2D eigenvalue weighted by Crippen LogP contribution is -1.90. The molecular weight excluding hydrogens is 136 g/mol. The van der Waals surface area contributed by atoms with Crippen molar-refractivity contribution >= 4 is 18.6 Å². The SMILES string of the molecule is C/C(=C/C(=O)O)CCS. The standard InChI is InChI=1S/C6H10O2S/c1-5(2-3-9)4-6(7)8/h4,9H,2-3H2,1H3,(H,7,8)/b5-4-. The van der Waals surface area contributed by atoms with Crippen LogP contribution in [0.15, 0.2) is 11.6 Å². The second-order valence-electron chi connectivity index (χ2n) is 1.80. The van der Waals surface area contributed by atoms with E-state index in [1.807, 2.05) is 0 Å². The van der Waals surface area contributed by atoms with Crippen molar-refractivity contribution in [1.29, 1.82) is 0 Å². The number of carboxylic acid groups (broad SMARTS) is 1. The van der Waals surface area contributed by atoms with Crippen LogP contribution in [0.5, 0.6) is 0 Å². The maximum absolute atomic E-state index is 9.98. The number of carbonyl (C=O) groups is 1. The van der Waals surface area contributed by atoms with Gasteiger partial charge in [-0.3, -0.25) is 0 Å². The van der Waals surface area contributed by atoms with Gasteiger partial charge >= 0.3 is 5.97 Å². The first kappa shape index (κ1) is 8.56. The summed E-state index contributed by atoms with van der Waals surface area (Å²) in [5.41, 5.74) is 0.859. The largest absolute Gasteiger partial charge is 0.478 e. The fourth-order valence-corrected chi connectivity index (χ4v) is 0.812. The van der Waals surface area contributed by atoms with E-state index < -0.39 is 5.97 Å². The smallest absolute Gasteiger partial charge is 0.328 e. The van der Waals surface area contributed by atoms with Crippen molar-refractivity contribution in [3.05, 3.63) is 11.6 Å². The number of hydrogen-bond donors (Lipinski definition) is 2. The molecule has 0 fully saturated rings. The lowest BCUT2D eigenvalue weighted by molar-refractivity contribution is -0.131. The molecule has 0 saturated heterocycles. The highest BCUT2D eigenvalue weighted by atomic mass is 32.1. The number of hydrogen-bond acceptors (Lipinski definition) is 2. The number of aliphatic carboxylic acids is 1. The van der Waals surface area contributed by atoms with E-state index in [2.05, 4.69) is 12.6 Å². The summed E-state index contributed by atoms with van der Waals surface area (Å²) in [5, 5.41) is 8.21. The Hall–Kier alpha value is -0.440. The summed E-state index contributed by atoms with van der Waals surface area (Å²) in [6.45, 7) is 1.78. The molecular formula is C6H10O2S.